The van der Waals surface area contributed by atoms with Gasteiger partial charge >= 0.3 is 0 Å². The lowest BCUT2D eigenvalue weighted by molar-refractivity contribution is 0.230. The van der Waals surface area contributed by atoms with E-state index in [1.165, 1.54) is 5.56 Å². The number of benzene rings is 2. The second kappa shape index (κ2) is 10.3. The van der Waals surface area contributed by atoms with Crippen LogP contribution in [0.3, 0.4) is 0 Å². The molecule has 0 saturated carbocycles. The zero-order chi connectivity index (χ0) is 19.8. The molecule has 0 aliphatic heterocycles. The van der Waals surface area contributed by atoms with Gasteiger partial charge in [0.15, 0.2) is 23.0 Å². The lowest BCUT2D eigenvalue weighted by Gasteiger charge is -2.16. The van der Waals surface area contributed by atoms with E-state index < -0.39 is 0 Å². The fraction of sp³-hybridized carbons (Fsp3) is 0.429. The largest absolute Gasteiger partial charge is 0.493 e. The molecule has 0 heterocycles. The Hall–Kier alpha value is -2.11. The van der Waals surface area contributed by atoms with Crippen molar-refractivity contribution in [3.05, 3.63) is 46.5 Å². The van der Waals surface area contributed by atoms with Gasteiger partial charge in [0, 0.05) is 17.6 Å². The SMILES string of the molecule is COc1ccc(CCNCc2cc(OC)c(OC(C)C)cc2Cl)cc1OC. The Labute approximate surface area is 166 Å². The molecule has 148 valence electrons. The Bertz CT molecular complexity index is 749. The number of hydrogen-bond acceptors (Lipinski definition) is 5. The van der Waals surface area contributed by atoms with E-state index in [-0.39, 0.29) is 6.10 Å². The molecule has 27 heavy (non-hydrogen) atoms. The van der Waals surface area contributed by atoms with Gasteiger partial charge in [-0.25, -0.2) is 0 Å². The first-order valence-corrected chi connectivity index (χ1v) is 9.31. The van der Waals surface area contributed by atoms with E-state index in [4.69, 9.17) is 30.5 Å². The Kier molecular flexibility index (Phi) is 8.07. The smallest absolute Gasteiger partial charge is 0.163 e. The molecule has 0 spiro atoms. The van der Waals surface area contributed by atoms with E-state index in [9.17, 15) is 0 Å². The average molecular weight is 394 g/mol. The normalized spacial score (nSPS) is 10.8. The summed E-state index contributed by atoms with van der Waals surface area (Å²) in [6.07, 6.45) is 0.921. The molecule has 0 aliphatic rings. The quantitative estimate of drug-likeness (QED) is 0.603. The maximum atomic E-state index is 6.40. The number of rotatable bonds is 10. The van der Waals surface area contributed by atoms with Crippen molar-refractivity contribution in [2.45, 2.75) is 32.9 Å². The van der Waals surface area contributed by atoms with E-state index in [0.717, 1.165) is 30.0 Å². The van der Waals surface area contributed by atoms with Crippen LogP contribution in [0.15, 0.2) is 30.3 Å². The molecular formula is C21H28ClNO4. The molecular weight excluding hydrogens is 366 g/mol. The summed E-state index contributed by atoms with van der Waals surface area (Å²) < 4.78 is 21.8. The molecule has 0 fully saturated rings. The van der Waals surface area contributed by atoms with Crippen molar-refractivity contribution < 1.29 is 18.9 Å². The highest BCUT2D eigenvalue weighted by molar-refractivity contribution is 6.31. The number of ether oxygens (including phenoxy) is 4. The minimum absolute atomic E-state index is 0.0560. The van der Waals surface area contributed by atoms with Crippen LogP contribution in [-0.2, 0) is 13.0 Å². The van der Waals surface area contributed by atoms with Crippen LogP contribution in [-0.4, -0.2) is 34.0 Å². The van der Waals surface area contributed by atoms with Gasteiger partial charge in [-0.2, -0.15) is 0 Å². The fourth-order valence-electron chi connectivity index (χ4n) is 2.71. The van der Waals surface area contributed by atoms with Gasteiger partial charge in [0.2, 0.25) is 0 Å². The molecule has 0 aromatic heterocycles. The summed E-state index contributed by atoms with van der Waals surface area (Å²) in [5, 5.41) is 4.07. The second-order valence-electron chi connectivity index (χ2n) is 6.38. The van der Waals surface area contributed by atoms with Crippen molar-refractivity contribution in [1.29, 1.82) is 0 Å². The highest BCUT2D eigenvalue weighted by atomic mass is 35.5. The van der Waals surface area contributed by atoms with Gasteiger partial charge in [-0.05, 0) is 56.1 Å². The van der Waals surface area contributed by atoms with Gasteiger partial charge in [0.25, 0.3) is 0 Å². The topological polar surface area (TPSA) is 49.0 Å². The summed E-state index contributed by atoms with van der Waals surface area (Å²) >= 11 is 6.40. The monoisotopic (exact) mass is 393 g/mol. The molecule has 0 bridgehead atoms. The zero-order valence-electron chi connectivity index (χ0n) is 16.6. The number of halogens is 1. The third-order valence-electron chi connectivity index (χ3n) is 4.05. The first kappa shape index (κ1) is 21.2. The van der Waals surface area contributed by atoms with Crippen LogP contribution in [0.4, 0.5) is 0 Å². The van der Waals surface area contributed by atoms with Crippen molar-refractivity contribution in [1.82, 2.24) is 5.32 Å². The minimum Gasteiger partial charge on any atom is -0.493 e. The Morgan fingerprint density at radius 1 is 0.889 bits per heavy atom. The third-order valence-corrected chi connectivity index (χ3v) is 4.40. The first-order chi connectivity index (χ1) is 13.0. The highest BCUT2D eigenvalue weighted by Crippen LogP contribution is 2.34. The molecule has 0 unspecified atom stereocenters. The van der Waals surface area contributed by atoms with Crippen LogP contribution in [0.2, 0.25) is 5.02 Å². The van der Waals surface area contributed by atoms with E-state index in [1.54, 1.807) is 21.3 Å². The van der Waals surface area contributed by atoms with Gasteiger partial charge in [-0.1, -0.05) is 17.7 Å². The lowest BCUT2D eigenvalue weighted by atomic mass is 10.1. The maximum Gasteiger partial charge on any atom is 0.163 e. The van der Waals surface area contributed by atoms with Crippen LogP contribution < -0.4 is 24.3 Å². The van der Waals surface area contributed by atoms with E-state index in [1.807, 2.05) is 44.2 Å². The molecule has 0 atom stereocenters. The summed E-state index contributed by atoms with van der Waals surface area (Å²) in [6, 6.07) is 9.68. The molecule has 0 radical (unpaired) electrons. The van der Waals surface area contributed by atoms with E-state index in [2.05, 4.69) is 5.32 Å². The van der Waals surface area contributed by atoms with Crippen molar-refractivity contribution in [2.75, 3.05) is 27.9 Å². The van der Waals surface area contributed by atoms with Gasteiger partial charge in [-0.15, -0.1) is 0 Å². The van der Waals surface area contributed by atoms with Crippen molar-refractivity contribution in [3.63, 3.8) is 0 Å². The predicted octanol–water partition coefficient (Wildman–Crippen LogP) is 4.49. The van der Waals surface area contributed by atoms with E-state index >= 15 is 0 Å². The van der Waals surface area contributed by atoms with Crippen LogP contribution in [0.5, 0.6) is 23.0 Å². The average Bonchev–Trinajstić information content (AvgIpc) is 2.65. The summed E-state index contributed by atoms with van der Waals surface area (Å²) in [4.78, 5) is 0. The molecule has 2 rings (SSSR count). The first-order valence-electron chi connectivity index (χ1n) is 8.93. The maximum absolute atomic E-state index is 6.40. The molecule has 1 N–H and O–H groups in total. The number of nitrogens with one attached hydrogen (secondary N) is 1. The Balaban J connectivity index is 1.95. The van der Waals surface area contributed by atoms with Crippen LogP contribution in [0.1, 0.15) is 25.0 Å². The molecule has 0 saturated heterocycles. The number of hydrogen-bond donors (Lipinski definition) is 1. The molecule has 5 nitrogen and oxygen atoms in total. The van der Waals surface area contributed by atoms with Gasteiger partial charge < -0.3 is 24.3 Å². The standard InChI is InChI=1S/C21H28ClNO4/c1-14(2)27-21-12-17(22)16(11-20(21)26-5)13-23-9-8-15-6-7-18(24-3)19(10-15)25-4/h6-7,10-12,14,23H,8-9,13H2,1-5H3. The minimum atomic E-state index is 0.0560. The van der Waals surface area contributed by atoms with E-state index in [0.29, 0.717) is 23.1 Å². The highest BCUT2D eigenvalue weighted by Gasteiger charge is 2.12. The lowest BCUT2D eigenvalue weighted by Crippen LogP contribution is -2.17. The summed E-state index contributed by atoms with van der Waals surface area (Å²) in [7, 11) is 4.90. The third kappa shape index (κ3) is 5.94. The van der Waals surface area contributed by atoms with Crippen molar-refractivity contribution >= 4 is 11.6 Å². The predicted molar refractivity (Wildman–Crippen MR) is 109 cm³/mol. The van der Waals surface area contributed by atoms with Crippen LogP contribution >= 0.6 is 11.6 Å². The summed E-state index contributed by atoms with van der Waals surface area (Å²) in [5.41, 5.74) is 2.14. The summed E-state index contributed by atoms with van der Waals surface area (Å²) in [5.74, 6) is 2.82. The molecule has 2 aromatic carbocycles. The Morgan fingerprint density at radius 2 is 1.56 bits per heavy atom. The Morgan fingerprint density at radius 3 is 2.19 bits per heavy atom. The van der Waals surface area contributed by atoms with Crippen LogP contribution in [0, 0.1) is 0 Å². The second-order valence-corrected chi connectivity index (χ2v) is 6.78. The number of methoxy groups -OCH3 is 3. The van der Waals surface area contributed by atoms with Crippen molar-refractivity contribution in [2.24, 2.45) is 0 Å². The fourth-order valence-corrected chi connectivity index (χ4v) is 2.93. The zero-order valence-corrected chi connectivity index (χ0v) is 17.4. The van der Waals surface area contributed by atoms with Gasteiger partial charge in [0.1, 0.15) is 0 Å². The van der Waals surface area contributed by atoms with Crippen LogP contribution in [0.25, 0.3) is 0 Å². The molecule has 2 aromatic rings. The molecule has 0 amide bonds. The van der Waals surface area contributed by atoms with Gasteiger partial charge in [-0.3, -0.25) is 0 Å². The molecule has 6 heteroatoms. The molecule has 0 aliphatic carbocycles. The summed E-state index contributed by atoms with van der Waals surface area (Å²) in [6.45, 7) is 5.39. The van der Waals surface area contributed by atoms with Crippen molar-refractivity contribution in [3.8, 4) is 23.0 Å². The van der Waals surface area contributed by atoms with Gasteiger partial charge in [0.05, 0.1) is 27.4 Å².